The summed E-state index contributed by atoms with van der Waals surface area (Å²) in [7, 11) is -1.92. The van der Waals surface area contributed by atoms with E-state index in [-0.39, 0.29) is 0 Å². The molecule has 0 spiro atoms. The van der Waals surface area contributed by atoms with Crippen LogP contribution in [0.2, 0.25) is 39.3 Å². The Morgan fingerprint density at radius 2 is 1.06 bits per heavy atom. The minimum atomic E-state index is -0.960. The van der Waals surface area contributed by atoms with Gasteiger partial charge in [0.15, 0.2) is 0 Å². The molecule has 0 heterocycles. The molecule has 0 aliphatic heterocycles. The summed E-state index contributed by atoms with van der Waals surface area (Å²) < 4.78 is 0. The Balaban J connectivity index is 2.68. The van der Waals surface area contributed by atoms with Gasteiger partial charge in [0, 0.05) is 9.79 Å². The molecule has 0 aliphatic rings. The van der Waals surface area contributed by atoms with Gasteiger partial charge in [-0.15, -0.1) is 23.5 Å². The van der Waals surface area contributed by atoms with Crippen molar-refractivity contribution in [3.05, 3.63) is 24.3 Å². The van der Waals surface area contributed by atoms with E-state index in [2.05, 4.69) is 87.1 Å². The van der Waals surface area contributed by atoms with Gasteiger partial charge in [0.1, 0.15) is 0 Å². The standard InChI is InChI=1S/C14H26S2Si2/c1-17(2,3)11-15-13-9-7-8-10-14(13)16-12-18(4,5)6/h7-10H,11-12H2,1-6H3. The summed E-state index contributed by atoms with van der Waals surface area (Å²) in [6.45, 7) is 14.7. The van der Waals surface area contributed by atoms with Crippen molar-refractivity contribution in [3.8, 4) is 0 Å². The first-order valence-electron chi connectivity index (χ1n) is 6.52. The molecule has 1 aromatic rings. The van der Waals surface area contributed by atoms with E-state index in [0.717, 1.165) is 0 Å². The maximum Gasteiger partial charge on any atom is 0.0552 e. The average molecular weight is 315 g/mol. The summed E-state index contributed by atoms with van der Waals surface area (Å²) in [6.07, 6.45) is 0. The van der Waals surface area contributed by atoms with E-state index in [1.807, 2.05) is 0 Å². The fourth-order valence-electron chi connectivity index (χ4n) is 1.28. The fourth-order valence-corrected chi connectivity index (χ4v) is 7.11. The Morgan fingerprint density at radius 3 is 1.33 bits per heavy atom. The molecular weight excluding hydrogens is 288 g/mol. The Morgan fingerprint density at radius 1 is 0.722 bits per heavy atom. The minimum absolute atomic E-state index is 0.960. The van der Waals surface area contributed by atoms with Gasteiger partial charge in [-0.3, -0.25) is 0 Å². The highest BCUT2D eigenvalue weighted by atomic mass is 32.2. The Kier molecular flexibility index (Phi) is 6.09. The van der Waals surface area contributed by atoms with Crippen molar-refractivity contribution in [2.45, 2.75) is 49.1 Å². The van der Waals surface area contributed by atoms with Crippen LogP contribution in [0.3, 0.4) is 0 Å². The third-order valence-electron chi connectivity index (χ3n) is 2.17. The molecular formula is C14H26S2Si2. The second-order valence-electron chi connectivity index (χ2n) is 7.15. The molecule has 0 amide bonds. The molecule has 0 fully saturated rings. The molecule has 102 valence electrons. The van der Waals surface area contributed by atoms with Crippen LogP contribution in [0.5, 0.6) is 0 Å². The van der Waals surface area contributed by atoms with Crippen molar-refractivity contribution in [1.29, 1.82) is 0 Å². The van der Waals surface area contributed by atoms with E-state index in [1.54, 1.807) is 0 Å². The average Bonchev–Trinajstić information content (AvgIpc) is 2.22. The molecule has 0 nitrogen and oxygen atoms in total. The van der Waals surface area contributed by atoms with E-state index in [1.165, 1.54) is 20.5 Å². The molecule has 0 bridgehead atoms. The van der Waals surface area contributed by atoms with Gasteiger partial charge in [-0.05, 0) is 22.9 Å². The predicted molar refractivity (Wildman–Crippen MR) is 94.6 cm³/mol. The molecule has 0 aliphatic carbocycles. The number of hydrogen-bond acceptors (Lipinski definition) is 2. The van der Waals surface area contributed by atoms with Gasteiger partial charge >= 0.3 is 0 Å². The van der Waals surface area contributed by atoms with Gasteiger partial charge in [0.2, 0.25) is 0 Å². The van der Waals surface area contributed by atoms with E-state index in [0.29, 0.717) is 0 Å². The lowest BCUT2D eigenvalue weighted by molar-refractivity contribution is 1.25. The lowest BCUT2D eigenvalue weighted by Crippen LogP contribution is -2.24. The maximum absolute atomic E-state index is 2.44. The van der Waals surface area contributed by atoms with Crippen LogP contribution in [0.15, 0.2) is 34.1 Å². The molecule has 0 N–H and O–H groups in total. The summed E-state index contributed by atoms with van der Waals surface area (Å²) >= 11 is 4.12. The molecule has 0 atom stereocenters. The molecule has 1 rings (SSSR count). The zero-order chi connectivity index (χ0) is 13.8. The first-order valence-corrected chi connectivity index (χ1v) is 15.9. The summed E-state index contributed by atoms with van der Waals surface area (Å²) in [6, 6.07) is 8.92. The third-order valence-corrected chi connectivity index (χ3v) is 11.7. The maximum atomic E-state index is 2.44. The van der Waals surface area contributed by atoms with Crippen molar-refractivity contribution in [2.75, 3.05) is 10.8 Å². The van der Waals surface area contributed by atoms with Gasteiger partial charge in [-0.25, -0.2) is 0 Å². The summed E-state index contributed by atoms with van der Waals surface area (Å²) in [5.74, 6) is 0. The molecule has 1 aromatic carbocycles. The van der Waals surface area contributed by atoms with Crippen molar-refractivity contribution in [1.82, 2.24) is 0 Å². The second-order valence-corrected chi connectivity index (χ2v) is 21.2. The SMILES string of the molecule is C[Si](C)(C)CSc1ccccc1SC[Si](C)(C)C. The lowest BCUT2D eigenvalue weighted by Gasteiger charge is -2.18. The van der Waals surface area contributed by atoms with Gasteiger partial charge in [0.05, 0.1) is 16.1 Å². The number of benzene rings is 1. The van der Waals surface area contributed by atoms with Crippen LogP contribution in [0.4, 0.5) is 0 Å². The van der Waals surface area contributed by atoms with Crippen molar-refractivity contribution in [2.24, 2.45) is 0 Å². The topological polar surface area (TPSA) is 0 Å². The molecule has 18 heavy (non-hydrogen) atoms. The van der Waals surface area contributed by atoms with Crippen LogP contribution >= 0.6 is 23.5 Å². The highest BCUT2D eigenvalue weighted by Crippen LogP contribution is 2.33. The summed E-state index contributed by atoms with van der Waals surface area (Å²) in [5, 5.41) is 2.63. The largest absolute Gasteiger partial charge is 0.128 e. The first-order chi connectivity index (χ1) is 8.17. The second kappa shape index (κ2) is 6.68. The third kappa shape index (κ3) is 7.07. The predicted octanol–water partition coefficient (Wildman–Crippen LogP) is 5.63. The summed E-state index contributed by atoms with van der Waals surface area (Å²) in [5.41, 5.74) is 0. The van der Waals surface area contributed by atoms with Crippen molar-refractivity contribution in [3.63, 3.8) is 0 Å². The van der Waals surface area contributed by atoms with Gasteiger partial charge in [0.25, 0.3) is 0 Å². The van der Waals surface area contributed by atoms with Crippen LogP contribution in [0.25, 0.3) is 0 Å². The first kappa shape index (κ1) is 16.4. The highest BCUT2D eigenvalue weighted by molar-refractivity contribution is 8.03. The van der Waals surface area contributed by atoms with E-state index in [4.69, 9.17) is 0 Å². The summed E-state index contributed by atoms with van der Waals surface area (Å²) in [4.78, 5) is 2.98. The van der Waals surface area contributed by atoms with Crippen LogP contribution in [-0.4, -0.2) is 26.9 Å². The van der Waals surface area contributed by atoms with Crippen LogP contribution in [0.1, 0.15) is 0 Å². The molecule has 4 heteroatoms. The van der Waals surface area contributed by atoms with Crippen LogP contribution in [0, 0.1) is 0 Å². The van der Waals surface area contributed by atoms with Gasteiger partial charge < -0.3 is 0 Å². The number of rotatable bonds is 6. The normalized spacial score (nSPS) is 12.8. The van der Waals surface area contributed by atoms with Crippen LogP contribution < -0.4 is 0 Å². The van der Waals surface area contributed by atoms with E-state index >= 15 is 0 Å². The number of thioether (sulfide) groups is 2. The minimum Gasteiger partial charge on any atom is -0.128 e. The highest BCUT2D eigenvalue weighted by Gasteiger charge is 2.17. The zero-order valence-electron chi connectivity index (χ0n) is 12.5. The van der Waals surface area contributed by atoms with Gasteiger partial charge in [-0.1, -0.05) is 51.4 Å². The van der Waals surface area contributed by atoms with Crippen molar-refractivity contribution >= 4 is 39.7 Å². The van der Waals surface area contributed by atoms with E-state index < -0.39 is 16.1 Å². The Bertz CT molecular complexity index is 341. The monoisotopic (exact) mass is 314 g/mol. The van der Waals surface area contributed by atoms with E-state index in [9.17, 15) is 0 Å². The lowest BCUT2D eigenvalue weighted by atomic mass is 10.4. The molecule has 0 unspecified atom stereocenters. The fraction of sp³-hybridized carbons (Fsp3) is 0.571. The van der Waals surface area contributed by atoms with Crippen LogP contribution in [-0.2, 0) is 0 Å². The zero-order valence-corrected chi connectivity index (χ0v) is 16.2. The Labute approximate surface area is 123 Å². The van der Waals surface area contributed by atoms with Gasteiger partial charge in [-0.2, -0.15) is 0 Å². The Hall–Kier alpha value is 0.354. The van der Waals surface area contributed by atoms with Crippen molar-refractivity contribution < 1.29 is 0 Å². The molecule has 0 radical (unpaired) electrons. The quantitative estimate of drug-likeness (QED) is 0.493. The smallest absolute Gasteiger partial charge is 0.0552 e. The molecule has 0 saturated carbocycles. The molecule has 0 saturated heterocycles. The molecule has 0 aromatic heterocycles. The number of hydrogen-bond donors (Lipinski definition) is 0.